The van der Waals surface area contributed by atoms with Crippen molar-refractivity contribution in [2.24, 2.45) is 0 Å². The van der Waals surface area contributed by atoms with Gasteiger partial charge >= 0.3 is 0 Å². The van der Waals surface area contributed by atoms with Gasteiger partial charge in [-0.1, -0.05) is 7.43 Å². The van der Waals surface area contributed by atoms with Crippen molar-refractivity contribution in [1.29, 1.82) is 0 Å². The molecule has 2 fully saturated rings. The van der Waals surface area contributed by atoms with Crippen LogP contribution in [0.15, 0.2) is 0 Å². The third-order valence-electron chi connectivity index (χ3n) is 2.76. The van der Waals surface area contributed by atoms with Crippen molar-refractivity contribution in [3.8, 4) is 0 Å². The SMILES string of the molecule is C.CN1CC(O)C(O)C1.CN1CC(O)CC1=O. The van der Waals surface area contributed by atoms with Crippen LogP contribution in [0.5, 0.6) is 0 Å². The van der Waals surface area contributed by atoms with E-state index in [1.54, 1.807) is 7.05 Å². The minimum absolute atomic E-state index is 0. The Morgan fingerprint density at radius 1 is 1.06 bits per heavy atom. The molecule has 102 valence electrons. The zero-order chi connectivity index (χ0) is 12.3. The summed E-state index contributed by atoms with van der Waals surface area (Å²) >= 11 is 0. The Hall–Kier alpha value is -0.690. The van der Waals surface area contributed by atoms with Crippen molar-refractivity contribution in [2.75, 3.05) is 33.7 Å². The number of hydrogen-bond donors (Lipinski definition) is 3. The summed E-state index contributed by atoms with van der Waals surface area (Å²) in [6.07, 6.45) is -1.18. The van der Waals surface area contributed by atoms with Crippen LogP contribution in [0.25, 0.3) is 0 Å². The van der Waals surface area contributed by atoms with E-state index in [4.69, 9.17) is 15.3 Å². The highest BCUT2D eigenvalue weighted by Gasteiger charge is 2.26. The number of nitrogens with zero attached hydrogens (tertiary/aromatic N) is 2. The third-order valence-corrected chi connectivity index (χ3v) is 2.76. The van der Waals surface area contributed by atoms with E-state index in [1.165, 1.54) is 4.90 Å². The second-order valence-corrected chi connectivity index (χ2v) is 4.49. The van der Waals surface area contributed by atoms with Crippen LogP contribution in [0.1, 0.15) is 13.8 Å². The Balaban J connectivity index is 0.000000284. The van der Waals surface area contributed by atoms with Crippen molar-refractivity contribution in [2.45, 2.75) is 32.2 Å². The van der Waals surface area contributed by atoms with Gasteiger partial charge in [0.25, 0.3) is 0 Å². The minimum Gasteiger partial charge on any atom is -0.391 e. The van der Waals surface area contributed by atoms with E-state index in [0.717, 1.165) is 0 Å². The van der Waals surface area contributed by atoms with Gasteiger partial charge in [-0.3, -0.25) is 4.79 Å². The number of hydrogen-bond acceptors (Lipinski definition) is 5. The van der Waals surface area contributed by atoms with Crippen molar-refractivity contribution in [1.82, 2.24) is 9.80 Å². The number of aliphatic hydroxyl groups excluding tert-OH is 3. The number of carbonyl (C=O) groups excluding carboxylic acids is 1. The largest absolute Gasteiger partial charge is 0.391 e. The molecule has 0 saturated carbocycles. The van der Waals surface area contributed by atoms with Gasteiger partial charge in [-0.05, 0) is 7.05 Å². The van der Waals surface area contributed by atoms with Crippen LogP contribution in [0.3, 0.4) is 0 Å². The zero-order valence-corrected chi connectivity index (χ0v) is 9.70. The summed E-state index contributed by atoms with van der Waals surface area (Å²) < 4.78 is 0. The first kappa shape index (κ1) is 16.3. The van der Waals surface area contributed by atoms with Gasteiger partial charge in [0.2, 0.25) is 5.91 Å². The fraction of sp³-hybridized carbons (Fsp3) is 0.909. The molecule has 0 aliphatic carbocycles. The molecule has 1 amide bonds. The summed E-state index contributed by atoms with van der Waals surface area (Å²) in [5, 5.41) is 26.6. The van der Waals surface area contributed by atoms with E-state index in [2.05, 4.69) is 0 Å². The molecule has 2 saturated heterocycles. The van der Waals surface area contributed by atoms with E-state index in [1.807, 2.05) is 11.9 Å². The van der Waals surface area contributed by atoms with Gasteiger partial charge in [-0.25, -0.2) is 0 Å². The number of amides is 1. The van der Waals surface area contributed by atoms with Gasteiger partial charge in [0, 0.05) is 26.7 Å². The maximum Gasteiger partial charge on any atom is 0.225 e. The lowest BCUT2D eigenvalue weighted by atomic mass is 10.3. The van der Waals surface area contributed by atoms with Crippen LogP contribution in [0.2, 0.25) is 0 Å². The van der Waals surface area contributed by atoms with Crippen LogP contribution in [0.4, 0.5) is 0 Å². The molecule has 3 unspecified atom stereocenters. The highest BCUT2D eigenvalue weighted by atomic mass is 16.3. The number of rotatable bonds is 0. The Labute approximate surface area is 102 Å². The molecular weight excluding hydrogens is 224 g/mol. The molecule has 2 rings (SSSR count). The topological polar surface area (TPSA) is 84.2 Å². The van der Waals surface area contributed by atoms with Crippen LogP contribution in [-0.4, -0.2) is 83.1 Å². The zero-order valence-electron chi connectivity index (χ0n) is 9.70. The Morgan fingerprint density at radius 2 is 1.53 bits per heavy atom. The molecule has 2 aliphatic rings. The smallest absolute Gasteiger partial charge is 0.225 e. The summed E-state index contributed by atoms with van der Waals surface area (Å²) in [6, 6.07) is 0. The quantitative estimate of drug-likeness (QED) is 0.486. The van der Waals surface area contributed by atoms with Crippen molar-refractivity contribution < 1.29 is 20.1 Å². The molecule has 2 heterocycles. The van der Waals surface area contributed by atoms with Crippen molar-refractivity contribution in [3.05, 3.63) is 0 Å². The molecule has 3 N–H and O–H groups in total. The van der Waals surface area contributed by atoms with E-state index in [-0.39, 0.29) is 13.3 Å². The molecule has 6 heteroatoms. The van der Waals surface area contributed by atoms with Crippen LogP contribution < -0.4 is 0 Å². The summed E-state index contributed by atoms with van der Waals surface area (Å²) in [6.45, 7) is 1.70. The maximum absolute atomic E-state index is 10.6. The lowest BCUT2D eigenvalue weighted by Gasteiger charge is -2.04. The fourth-order valence-corrected chi connectivity index (χ4v) is 1.80. The summed E-state index contributed by atoms with van der Waals surface area (Å²) in [4.78, 5) is 14.0. The van der Waals surface area contributed by atoms with Gasteiger partial charge < -0.3 is 25.1 Å². The molecule has 2 aliphatic heterocycles. The second kappa shape index (κ2) is 6.90. The standard InChI is InChI=1S/C5H11NO2.C5H9NO2.CH4/c1-6-2-4(7)5(8)3-6;1-6-3-4(7)2-5(6)8;/h4-5,7-8H,2-3H2,1H3;4,7H,2-3H2,1H3;1H4. The fourth-order valence-electron chi connectivity index (χ4n) is 1.80. The number of likely N-dealkylation sites (N-methyl/N-ethyl adjacent to an activating group) is 2. The first-order chi connectivity index (χ1) is 7.40. The maximum atomic E-state index is 10.6. The molecule has 3 atom stereocenters. The highest BCUT2D eigenvalue weighted by molar-refractivity contribution is 5.78. The highest BCUT2D eigenvalue weighted by Crippen LogP contribution is 2.06. The predicted molar refractivity (Wildman–Crippen MR) is 64.5 cm³/mol. The van der Waals surface area contributed by atoms with Gasteiger partial charge in [0.15, 0.2) is 0 Å². The van der Waals surface area contributed by atoms with Crippen LogP contribution >= 0.6 is 0 Å². The van der Waals surface area contributed by atoms with Crippen LogP contribution in [0, 0.1) is 0 Å². The van der Waals surface area contributed by atoms with Gasteiger partial charge in [0.05, 0.1) is 24.7 Å². The molecule has 0 bridgehead atoms. The van der Waals surface area contributed by atoms with Gasteiger partial charge in [-0.15, -0.1) is 0 Å². The van der Waals surface area contributed by atoms with Crippen LogP contribution in [-0.2, 0) is 4.79 Å². The Morgan fingerprint density at radius 3 is 1.65 bits per heavy atom. The number of likely N-dealkylation sites (tertiary alicyclic amines) is 2. The molecule has 0 radical (unpaired) electrons. The summed E-state index contributed by atoms with van der Waals surface area (Å²) in [5.74, 6) is 0.0394. The lowest BCUT2D eigenvalue weighted by Crippen LogP contribution is -2.22. The second-order valence-electron chi connectivity index (χ2n) is 4.49. The molecule has 0 aromatic carbocycles. The van der Waals surface area contributed by atoms with E-state index in [9.17, 15) is 4.79 Å². The molecule has 0 spiro atoms. The summed E-state index contributed by atoms with van der Waals surface area (Å²) in [5.41, 5.74) is 0. The molecule has 17 heavy (non-hydrogen) atoms. The lowest BCUT2D eigenvalue weighted by molar-refractivity contribution is -0.126. The first-order valence-electron chi connectivity index (χ1n) is 5.37. The summed E-state index contributed by atoms with van der Waals surface area (Å²) in [7, 11) is 3.57. The number of aliphatic hydroxyl groups is 3. The van der Waals surface area contributed by atoms with E-state index < -0.39 is 18.3 Å². The van der Waals surface area contributed by atoms with E-state index >= 15 is 0 Å². The molecular formula is C11H24N2O4. The molecule has 0 aromatic heterocycles. The monoisotopic (exact) mass is 248 g/mol. The average Bonchev–Trinajstić information content (AvgIpc) is 2.58. The minimum atomic E-state index is -0.528. The Kier molecular flexibility index (Phi) is 6.62. The molecule has 6 nitrogen and oxygen atoms in total. The predicted octanol–water partition coefficient (Wildman–Crippen LogP) is -1.50. The van der Waals surface area contributed by atoms with Gasteiger partial charge in [0.1, 0.15) is 0 Å². The Bertz CT molecular complexity index is 240. The molecule has 0 aromatic rings. The van der Waals surface area contributed by atoms with Gasteiger partial charge in [-0.2, -0.15) is 0 Å². The normalized spacial score (nSPS) is 33.1. The third kappa shape index (κ3) is 4.99. The number of carbonyl (C=O) groups is 1. The van der Waals surface area contributed by atoms with Crippen molar-refractivity contribution >= 4 is 5.91 Å². The number of β-amino-alcohol motifs (C(OH)–C–C–N with tert-alkyl or cyclic N) is 3. The first-order valence-corrected chi connectivity index (χ1v) is 5.37. The van der Waals surface area contributed by atoms with Crippen molar-refractivity contribution in [3.63, 3.8) is 0 Å². The average molecular weight is 248 g/mol. The van der Waals surface area contributed by atoms with E-state index in [0.29, 0.717) is 26.1 Å².